The molecule has 0 atom stereocenters. The number of nitro benzene ring substituents is 1. The fourth-order valence-electron chi connectivity index (χ4n) is 2.16. The van der Waals surface area contributed by atoms with Gasteiger partial charge in [-0.1, -0.05) is 23.5 Å². The van der Waals surface area contributed by atoms with E-state index in [9.17, 15) is 10.1 Å². The Morgan fingerprint density at radius 3 is 2.78 bits per heavy atom. The molecular weight excluding hydrogens is 316 g/mol. The average molecular weight is 324 g/mol. The van der Waals surface area contributed by atoms with Crippen molar-refractivity contribution in [2.45, 2.75) is 0 Å². The van der Waals surface area contributed by atoms with Gasteiger partial charge in [-0.25, -0.2) is 0 Å². The molecular formula is C14H8N6O2S. The fraction of sp³-hybridized carbons (Fsp3) is 0. The molecule has 1 aromatic carbocycles. The van der Waals surface area contributed by atoms with Gasteiger partial charge in [-0.15, -0.1) is 10.2 Å². The molecule has 9 heteroatoms. The third-order valence-corrected chi connectivity index (χ3v) is 4.16. The van der Waals surface area contributed by atoms with Crippen molar-refractivity contribution >= 4 is 22.0 Å². The minimum Gasteiger partial charge on any atom is -0.264 e. The van der Waals surface area contributed by atoms with E-state index < -0.39 is 4.92 Å². The average Bonchev–Trinajstić information content (AvgIpc) is 3.16. The van der Waals surface area contributed by atoms with E-state index in [1.807, 2.05) is 12.1 Å². The molecule has 0 saturated carbocycles. The van der Waals surface area contributed by atoms with E-state index in [0.29, 0.717) is 21.4 Å². The number of fused-ring (bicyclic) bond motifs is 1. The molecule has 0 saturated heterocycles. The molecule has 0 unspecified atom stereocenters. The highest BCUT2D eigenvalue weighted by Crippen LogP contribution is 2.29. The Morgan fingerprint density at radius 1 is 1.13 bits per heavy atom. The smallest absolute Gasteiger partial charge is 0.264 e. The number of non-ortho nitro benzene ring substituents is 1. The van der Waals surface area contributed by atoms with Crippen LogP contribution in [-0.2, 0) is 0 Å². The monoisotopic (exact) mass is 324 g/mol. The number of benzene rings is 1. The van der Waals surface area contributed by atoms with Crippen LogP contribution >= 0.6 is 11.3 Å². The summed E-state index contributed by atoms with van der Waals surface area (Å²) >= 11 is 1.32. The van der Waals surface area contributed by atoms with Crippen molar-refractivity contribution in [2.24, 2.45) is 0 Å². The summed E-state index contributed by atoms with van der Waals surface area (Å²) in [5.41, 5.74) is 1.50. The summed E-state index contributed by atoms with van der Waals surface area (Å²) < 4.78 is 1.62. The summed E-state index contributed by atoms with van der Waals surface area (Å²) in [7, 11) is 0. The third-order valence-electron chi connectivity index (χ3n) is 3.21. The van der Waals surface area contributed by atoms with E-state index >= 15 is 0 Å². The minimum atomic E-state index is -0.426. The SMILES string of the molecule is O=[N+]([O-])c1cccc(-c2nn3c(-c4cccnc4)nnc3s2)c1. The molecule has 0 aliphatic rings. The normalized spacial score (nSPS) is 11.0. The largest absolute Gasteiger partial charge is 0.270 e. The maximum absolute atomic E-state index is 10.9. The molecule has 4 aromatic rings. The summed E-state index contributed by atoms with van der Waals surface area (Å²) in [4.78, 5) is 15.2. The number of hydrogen-bond acceptors (Lipinski definition) is 7. The zero-order valence-electron chi connectivity index (χ0n) is 11.5. The van der Waals surface area contributed by atoms with Crippen molar-refractivity contribution in [1.82, 2.24) is 24.8 Å². The molecule has 3 aromatic heterocycles. The summed E-state index contributed by atoms with van der Waals surface area (Å²) in [6, 6.07) is 10.0. The van der Waals surface area contributed by atoms with Crippen molar-refractivity contribution in [1.29, 1.82) is 0 Å². The van der Waals surface area contributed by atoms with Crippen LogP contribution in [0.2, 0.25) is 0 Å². The van der Waals surface area contributed by atoms with Gasteiger partial charge in [0.1, 0.15) is 5.01 Å². The quantitative estimate of drug-likeness (QED) is 0.424. The van der Waals surface area contributed by atoms with Gasteiger partial charge in [0.25, 0.3) is 5.69 Å². The van der Waals surface area contributed by atoms with Crippen LogP contribution in [0.15, 0.2) is 48.8 Å². The molecule has 0 fully saturated rings. The summed E-state index contributed by atoms with van der Waals surface area (Å²) in [5.74, 6) is 0.584. The second-order valence-electron chi connectivity index (χ2n) is 4.67. The first-order chi connectivity index (χ1) is 11.2. The van der Waals surface area contributed by atoms with Crippen molar-refractivity contribution in [3.05, 3.63) is 58.9 Å². The Balaban J connectivity index is 1.83. The Hall–Kier alpha value is -3.20. The van der Waals surface area contributed by atoms with Crippen LogP contribution in [0.5, 0.6) is 0 Å². The molecule has 23 heavy (non-hydrogen) atoms. The fourth-order valence-corrected chi connectivity index (χ4v) is 3.00. The van der Waals surface area contributed by atoms with E-state index in [1.54, 1.807) is 29.0 Å². The molecule has 0 aliphatic carbocycles. The number of hydrogen-bond donors (Lipinski definition) is 0. The maximum Gasteiger partial charge on any atom is 0.270 e. The Bertz CT molecular complexity index is 1010. The van der Waals surface area contributed by atoms with Crippen molar-refractivity contribution in [2.75, 3.05) is 0 Å². The molecule has 112 valence electrons. The Labute approximate surface area is 133 Å². The number of aromatic nitrogens is 5. The molecule has 0 N–H and O–H groups in total. The van der Waals surface area contributed by atoms with E-state index in [2.05, 4.69) is 20.3 Å². The first-order valence-electron chi connectivity index (χ1n) is 6.60. The van der Waals surface area contributed by atoms with Crippen LogP contribution < -0.4 is 0 Å². The molecule has 0 bridgehead atoms. The molecule has 0 radical (unpaired) electrons. The molecule has 0 amide bonds. The van der Waals surface area contributed by atoms with Crippen LogP contribution in [0.3, 0.4) is 0 Å². The standard InChI is InChI=1S/C14H8N6O2S/c21-20(22)11-5-1-3-9(7-11)13-18-19-12(16-17-14(19)23-13)10-4-2-6-15-8-10/h1-8H. The van der Waals surface area contributed by atoms with Gasteiger partial charge in [0.15, 0.2) is 5.82 Å². The first-order valence-corrected chi connectivity index (χ1v) is 7.41. The lowest BCUT2D eigenvalue weighted by Crippen LogP contribution is -1.92. The maximum atomic E-state index is 10.9. The highest BCUT2D eigenvalue weighted by atomic mass is 32.1. The predicted octanol–water partition coefficient (Wildman–Crippen LogP) is 2.82. The van der Waals surface area contributed by atoms with E-state index in [1.165, 1.54) is 23.5 Å². The zero-order chi connectivity index (χ0) is 15.8. The van der Waals surface area contributed by atoms with Gasteiger partial charge in [-0.2, -0.15) is 9.61 Å². The van der Waals surface area contributed by atoms with Gasteiger partial charge in [0, 0.05) is 35.7 Å². The van der Waals surface area contributed by atoms with Crippen LogP contribution in [0.25, 0.3) is 26.9 Å². The summed E-state index contributed by atoms with van der Waals surface area (Å²) in [6.07, 6.45) is 3.36. The number of nitro groups is 1. The predicted molar refractivity (Wildman–Crippen MR) is 84.0 cm³/mol. The van der Waals surface area contributed by atoms with Gasteiger partial charge in [0.2, 0.25) is 4.96 Å². The topological polar surface area (TPSA) is 99.1 Å². The zero-order valence-corrected chi connectivity index (χ0v) is 12.3. The van der Waals surface area contributed by atoms with Crippen LogP contribution in [-0.4, -0.2) is 29.7 Å². The lowest BCUT2D eigenvalue weighted by molar-refractivity contribution is -0.384. The highest BCUT2D eigenvalue weighted by Gasteiger charge is 2.16. The number of rotatable bonds is 3. The van der Waals surface area contributed by atoms with Gasteiger partial charge >= 0.3 is 0 Å². The first kappa shape index (κ1) is 13.5. The second-order valence-corrected chi connectivity index (χ2v) is 5.63. The van der Waals surface area contributed by atoms with Crippen LogP contribution in [0.1, 0.15) is 0 Å². The Morgan fingerprint density at radius 2 is 2.00 bits per heavy atom. The van der Waals surface area contributed by atoms with Crippen molar-refractivity contribution in [3.63, 3.8) is 0 Å². The van der Waals surface area contributed by atoms with Gasteiger partial charge in [0.05, 0.1) is 4.92 Å². The van der Waals surface area contributed by atoms with Gasteiger partial charge < -0.3 is 0 Å². The lowest BCUT2D eigenvalue weighted by Gasteiger charge is -1.96. The summed E-state index contributed by atoms with van der Waals surface area (Å²) in [6.45, 7) is 0. The van der Waals surface area contributed by atoms with Crippen LogP contribution in [0, 0.1) is 10.1 Å². The number of pyridine rings is 1. The van der Waals surface area contributed by atoms with E-state index in [0.717, 1.165) is 5.56 Å². The van der Waals surface area contributed by atoms with E-state index in [4.69, 9.17) is 0 Å². The van der Waals surface area contributed by atoms with Crippen molar-refractivity contribution < 1.29 is 4.92 Å². The molecule has 4 rings (SSSR count). The van der Waals surface area contributed by atoms with Crippen molar-refractivity contribution in [3.8, 4) is 22.0 Å². The lowest BCUT2D eigenvalue weighted by atomic mass is 10.2. The number of nitrogens with zero attached hydrogens (tertiary/aromatic N) is 6. The Kier molecular flexibility index (Phi) is 3.05. The second kappa shape index (κ2) is 5.21. The third kappa shape index (κ3) is 2.32. The molecule has 3 heterocycles. The van der Waals surface area contributed by atoms with Gasteiger partial charge in [-0.05, 0) is 12.1 Å². The highest BCUT2D eigenvalue weighted by molar-refractivity contribution is 7.19. The van der Waals surface area contributed by atoms with Crippen LogP contribution in [0.4, 0.5) is 5.69 Å². The van der Waals surface area contributed by atoms with E-state index in [-0.39, 0.29) is 5.69 Å². The molecule has 0 aliphatic heterocycles. The van der Waals surface area contributed by atoms with Gasteiger partial charge in [-0.3, -0.25) is 15.1 Å². The summed E-state index contributed by atoms with van der Waals surface area (Å²) in [5, 5.41) is 24.2. The molecule has 8 nitrogen and oxygen atoms in total. The molecule has 0 spiro atoms. The minimum absolute atomic E-state index is 0.0287.